The molecule has 0 spiro atoms. The van der Waals surface area contributed by atoms with Crippen LogP contribution in [0.3, 0.4) is 0 Å². The molecule has 1 aromatic rings. The Morgan fingerprint density at radius 2 is 2.27 bits per heavy atom. The molecule has 0 N–H and O–H groups in total. The van der Waals surface area contributed by atoms with Crippen molar-refractivity contribution in [1.82, 2.24) is 0 Å². The first-order valence-corrected chi connectivity index (χ1v) is 5.12. The first kappa shape index (κ1) is 11.6. The summed E-state index contributed by atoms with van der Waals surface area (Å²) in [5.74, 6) is 0.210. The lowest BCUT2D eigenvalue weighted by Gasteiger charge is -2.05. The molecule has 0 atom stereocenters. The van der Waals surface area contributed by atoms with Gasteiger partial charge in [0.1, 0.15) is 5.75 Å². The normalized spacial score (nSPS) is 9.73. The summed E-state index contributed by atoms with van der Waals surface area (Å²) in [7, 11) is 1.36. The van der Waals surface area contributed by atoms with E-state index in [1.54, 1.807) is 0 Å². The molecule has 0 saturated carbocycles. The fraction of sp³-hybridized carbons (Fsp3) is 0.222. The Labute approximate surface area is 94.3 Å². The second-order valence-corrected chi connectivity index (χ2v) is 3.29. The van der Waals surface area contributed by atoms with Crippen LogP contribution >= 0.6 is 15.9 Å². The predicted octanol–water partition coefficient (Wildman–Crippen LogP) is 2.31. The number of aldehydes is 1. The number of benzene rings is 1. The smallest absolute Gasteiger partial charge is 0.277 e. The molecule has 0 heterocycles. The van der Waals surface area contributed by atoms with Gasteiger partial charge in [-0.15, -0.1) is 0 Å². The summed E-state index contributed by atoms with van der Waals surface area (Å²) in [5.41, 5.74) is 0.690. The molecule has 80 valence electrons. The van der Waals surface area contributed by atoms with Gasteiger partial charge in [0.05, 0.1) is 23.7 Å². The third kappa shape index (κ3) is 2.33. The summed E-state index contributed by atoms with van der Waals surface area (Å²) in [5, 5.41) is 11.0. The highest BCUT2D eigenvalue weighted by Gasteiger charge is 2.17. The molecular weight excluding hydrogens is 266 g/mol. The molecule has 0 aliphatic rings. The minimum absolute atomic E-state index is 0.0608. The fourth-order valence-electron chi connectivity index (χ4n) is 1.18. The number of halogens is 1. The maximum Gasteiger partial charge on any atom is 0.277 e. The highest BCUT2D eigenvalue weighted by atomic mass is 79.9. The number of carbonyl (C=O) groups excluding carboxylic acids is 1. The molecule has 15 heavy (non-hydrogen) atoms. The van der Waals surface area contributed by atoms with Crippen LogP contribution in [0.2, 0.25) is 0 Å². The Bertz CT molecular complexity index is 405. The number of nitrogens with zero attached hydrogens (tertiary/aromatic N) is 1. The average Bonchev–Trinajstić information content (AvgIpc) is 2.26. The highest BCUT2D eigenvalue weighted by molar-refractivity contribution is 9.08. The van der Waals surface area contributed by atoms with E-state index in [4.69, 9.17) is 4.74 Å². The van der Waals surface area contributed by atoms with Crippen molar-refractivity contribution < 1.29 is 14.5 Å². The number of rotatable bonds is 4. The van der Waals surface area contributed by atoms with Crippen LogP contribution < -0.4 is 4.74 Å². The molecule has 5 nitrogen and oxygen atoms in total. The third-order valence-electron chi connectivity index (χ3n) is 1.90. The number of hydrogen-bond acceptors (Lipinski definition) is 4. The summed E-state index contributed by atoms with van der Waals surface area (Å²) < 4.78 is 4.88. The zero-order chi connectivity index (χ0) is 11.4. The van der Waals surface area contributed by atoms with Gasteiger partial charge in [-0.25, -0.2) is 0 Å². The molecule has 0 radical (unpaired) electrons. The van der Waals surface area contributed by atoms with E-state index in [-0.39, 0.29) is 11.4 Å². The van der Waals surface area contributed by atoms with Gasteiger partial charge < -0.3 is 4.74 Å². The van der Waals surface area contributed by atoms with E-state index in [1.165, 1.54) is 19.2 Å². The quantitative estimate of drug-likeness (QED) is 0.365. The van der Waals surface area contributed by atoms with Crippen molar-refractivity contribution in [3.05, 3.63) is 33.4 Å². The van der Waals surface area contributed by atoms with Crippen LogP contribution in [-0.2, 0) is 5.33 Å². The molecule has 0 bridgehead atoms. The van der Waals surface area contributed by atoms with Crippen LogP contribution in [0, 0.1) is 10.1 Å². The summed E-state index contributed by atoms with van der Waals surface area (Å²) in [4.78, 5) is 20.9. The lowest BCUT2D eigenvalue weighted by Crippen LogP contribution is -1.98. The fourth-order valence-corrected chi connectivity index (χ4v) is 1.63. The molecule has 0 amide bonds. The van der Waals surface area contributed by atoms with Crippen molar-refractivity contribution in [2.24, 2.45) is 0 Å². The van der Waals surface area contributed by atoms with Gasteiger partial charge in [-0.1, -0.05) is 15.9 Å². The minimum atomic E-state index is -0.506. The lowest BCUT2D eigenvalue weighted by atomic mass is 10.1. The summed E-state index contributed by atoms with van der Waals surface area (Å²) in [6.07, 6.45) is 0.606. The number of hydrogen-bond donors (Lipinski definition) is 0. The van der Waals surface area contributed by atoms with Crippen molar-refractivity contribution >= 4 is 27.9 Å². The van der Waals surface area contributed by atoms with E-state index in [0.29, 0.717) is 22.7 Å². The van der Waals surface area contributed by atoms with Crippen LogP contribution in [-0.4, -0.2) is 18.3 Å². The molecule has 0 aromatic heterocycles. The van der Waals surface area contributed by atoms with Gasteiger partial charge in [0.25, 0.3) is 5.69 Å². The largest absolute Gasteiger partial charge is 0.496 e. The topological polar surface area (TPSA) is 69.4 Å². The van der Waals surface area contributed by atoms with E-state index >= 15 is 0 Å². The number of nitro benzene ring substituents is 1. The predicted molar refractivity (Wildman–Crippen MR) is 57.7 cm³/mol. The van der Waals surface area contributed by atoms with Gasteiger partial charge in [-0.3, -0.25) is 14.9 Å². The Kier molecular flexibility index (Phi) is 3.79. The zero-order valence-electron chi connectivity index (χ0n) is 7.90. The van der Waals surface area contributed by atoms with Crippen molar-refractivity contribution in [1.29, 1.82) is 0 Å². The van der Waals surface area contributed by atoms with Crippen molar-refractivity contribution in [2.75, 3.05) is 7.11 Å². The number of nitro groups is 1. The molecule has 1 aromatic carbocycles. The summed E-state index contributed by atoms with van der Waals surface area (Å²) in [6, 6.07) is 2.69. The van der Waals surface area contributed by atoms with Gasteiger partial charge in [-0.2, -0.15) is 0 Å². The summed E-state index contributed by atoms with van der Waals surface area (Å²) in [6.45, 7) is 0. The van der Waals surface area contributed by atoms with Crippen LogP contribution in [0.1, 0.15) is 15.9 Å². The Morgan fingerprint density at radius 3 is 2.67 bits per heavy atom. The first-order chi connectivity index (χ1) is 7.13. The highest BCUT2D eigenvalue weighted by Crippen LogP contribution is 2.29. The van der Waals surface area contributed by atoms with E-state index in [9.17, 15) is 14.9 Å². The van der Waals surface area contributed by atoms with Crippen molar-refractivity contribution in [2.45, 2.75) is 5.33 Å². The monoisotopic (exact) mass is 273 g/mol. The zero-order valence-corrected chi connectivity index (χ0v) is 9.48. The van der Waals surface area contributed by atoms with Gasteiger partial charge >= 0.3 is 0 Å². The SMILES string of the molecule is COc1cc([N+](=O)[O-])c(CBr)cc1C=O. The van der Waals surface area contributed by atoms with E-state index in [1.807, 2.05) is 0 Å². The maximum atomic E-state index is 10.7. The van der Waals surface area contributed by atoms with E-state index < -0.39 is 4.92 Å². The van der Waals surface area contributed by atoms with Crippen LogP contribution in [0.4, 0.5) is 5.69 Å². The standard InChI is InChI=1S/C9H8BrNO4/c1-15-9-3-8(11(13)14)6(4-10)2-7(9)5-12/h2-3,5H,4H2,1H3. The molecule has 0 unspecified atom stereocenters. The number of ether oxygens (including phenoxy) is 1. The maximum absolute atomic E-state index is 10.7. The van der Waals surface area contributed by atoms with Gasteiger partial charge in [-0.05, 0) is 6.07 Å². The molecule has 0 aliphatic carbocycles. The summed E-state index contributed by atoms with van der Waals surface area (Å²) >= 11 is 3.13. The van der Waals surface area contributed by atoms with Crippen molar-refractivity contribution in [3.63, 3.8) is 0 Å². The lowest BCUT2D eigenvalue weighted by molar-refractivity contribution is -0.385. The number of alkyl halides is 1. The number of carbonyl (C=O) groups is 1. The molecule has 0 fully saturated rings. The number of methoxy groups -OCH3 is 1. The van der Waals surface area contributed by atoms with Crippen LogP contribution in [0.5, 0.6) is 5.75 Å². The van der Waals surface area contributed by atoms with E-state index in [0.717, 1.165) is 0 Å². The second-order valence-electron chi connectivity index (χ2n) is 2.73. The first-order valence-electron chi connectivity index (χ1n) is 4.00. The van der Waals surface area contributed by atoms with E-state index in [2.05, 4.69) is 15.9 Å². The van der Waals surface area contributed by atoms with Gasteiger partial charge in [0.15, 0.2) is 6.29 Å². The molecule has 1 rings (SSSR count). The Balaban J connectivity index is 3.40. The Hall–Kier alpha value is -1.43. The third-order valence-corrected chi connectivity index (χ3v) is 2.50. The molecule has 0 saturated heterocycles. The molecule has 6 heteroatoms. The second kappa shape index (κ2) is 4.88. The van der Waals surface area contributed by atoms with Gasteiger partial charge in [0, 0.05) is 10.9 Å². The van der Waals surface area contributed by atoms with Gasteiger partial charge in [0.2, 0.25) is 0 Å². The average molecular weight is 274 g/mol. The minimum Gasteiger partial charge on any atom is -0.496 e. The molecular formula is C9H8BrNO4. The van der Waals surface area contributed by atoms with Crippen molar-refractivity contribution in [3.8, 4) is 5.75 Å². The van der Waals surface area contributed by atoms with Crippen LogP contribution in [0.15, 0.2) is 12.1 Å². The Morgan fingerprint density at radius 1 is 1.60 bits per heavy atom. The van der Waals surface area contributed by atoms with Crippen LogP contribution in [0.25, 0.3) is 0 Å². The molecule has 0 aliphatic heterocycles.